The van der Waals surface area contributed by atoms with E-state index in [2.05, 4.69) is 10.6 Å². The average Bonchev–Trinajstić information content (AvgIpc) is 2.47. The van der Waals surface area contributed by atoms with Gasteiger partial charge in [0, 0.05) is 5.69 Å². The molecule has 2 amide bonds. The van der Waals surface area contributed by atoms with Gasteiger partial charge in [-0.2, -0.15) is 0 Å². The number of aliphatic carboxylic acids is 1. The lowest BCUT2D eigenvalue weighted by Gasteiger charge is -2.16. The van der Waals surface area contributed by atoms with Crippen molar-refractivity contribution in [2.45, 2.75) is 26.3 Å². The Kier molecular flexibility index (Phi) is 8.18. The van der Waals surface area contributed by atoms with Crippen LogP contribution in [0, 0.1) is 5.92 Å². The van der Waals surface area contributed by atoms with E-state index in [1.807, 2.05) is 32.0 Å². The maximum Gasteiger partial charge on any atom is 0.326 e. The molecule has 7 heteroatoms. The van der Waals surface area contributed by atoms with Gasteiger partial charge in [-0.25, -0.2) is 4.79 Å². The number of carbonyl (C=O) groups is 3. The summed E-state index contributed by atoms with van der Waals surface area (Å²) in [7, 11) is 0. The Bertz CT molecular complexity index is 534. The molecule has 0 heterocycles. The molecule has 23 heavy (non-hydrogen) atoms. The van der Waals surface area contributed by atoms with Crippen LogP contribution in [-0.4, -0.2) is 40.4 Å². The van der Waals surface area contributed by atoms with Gasteiger partial charge in [-0.15, -0.1) is 11.8 Å². The number of para-hydroxylation sites is 1. The number of anilines is 1. The van der Waals surface area contributed by atoms with Gasteiger partial charge in [-0.3, -0.25) is 9.59 Å². The van der Waals surface area contributed by atoms with Crippen LogP contribution in [0.2, 0.25) is 0 Å². The Morgan fingerprint density at radius 2 is 1.70 bits per heavy atom. The van der Waals surface area contributed by atoms with E-state index in [0.29, 0.717) is 12.1 Å². The molecule has 1 rings (SSSR count). The number of benzene rings is 1. The molecule has 0 saturated carbocycles. The van der Waals surface area contributed by atoms with Crippen LogP contribution in [0.5, 0.6) is 0 Å². The molecular weight excluding hydrogens is 316 g/mol. The van der Waals surface area contributed by atoms with Gasteiger partial charge in [0.15, 0.2) is 0 Å². The second-order valence-electron chi connectivity index (χ2n) is 5.49. The van der Waals surface area contributed by atoms with Crippen molar-refractivity contribution in [2.75, 3.05) is 16.8 Å². The van der Waals surface area contributed by atoms with Crippen molar-refractivity contribution in [1.29, 1.82) is 0 Å². The van der Waals surface area contributed by atoms with E-state index in [4.69, 9.17) is 5.11 Å². The molecule has 6 nitrogen and oxygen atoms in total. The SMILES string of the molecule is CC(C)CC(NC(=O)CSCC(=O)Nc1ccccc1)C(=O)O. The average molecular weight is 338 g/mol. The van der Waals surface area contributed by atoms with Crippen LogP contribution in [0.25, 0.3) is 0 Å². The summed E-state index contributed by atoms with van der Waals surface area (Å²) >= 11 is 1.14. The molecule has 1 aromatic carbocycles. The number of carboxylic acids is 1. The minimum atomic E-state index is -1.04. The molecule has 0 aliphatic heterocycles. The highest BCUT2D eigenvalue weighted by Crippen LogP contribution is 2.08. The third-order valence-electron chi connectivity index (χ3n) is 2.86. The molecule has 0 aromatic heterocycles. The number of hydrogen-bond acceptors (Lipinski definition) is 4. The summed E-state index contributed by atoms with van der Waals surface area (Å²) in [5, 5.41) is 14.3. The molecule has 1 atom stereocenters. The third-order valence-corrected chi connectivity index (χ3v) is 3.80. The number of hydrogen-bond donors (Lipinski definition) is 3. The first-order valence-corrected chi connectivity index (χ1v) is 8.48. The lowest BCUT2D eigenvalue weighted by Crippen LogP contribution is -2.42. The minimum absolute atomic E-state index is 0.0457. The topological polar surface area (TPSA) is 95.5 Å². The zero-order valence-electron chi connectivity index (χ0n) is 13.2. The van der Waals surface area contributed by atoms with Crippen molar-refractivity contribution in [3.05, 3.63) is 30.3 Å². The fourth-order valence-corrected chi connectivity index (χ4v) is 2.51. The fraction of sp³-hybridized carbons (Fsp3) is 0.438. The smallest absolute Gasteiger partial charge is 0.326 e. The first-order chi connectivity index (χ1) is 10.9. The van der Waals surface area contributed by atoms with Crippen LogP contribution < -0.4 is 10.6 Å². The summed E-state index contributed by atoms with van der Waals surface area (Å²) in [6.45, 7) is 3.79. The van der Waals surface area contributed by atoms with E-state index in [1.54, 1.807) is 12.1 Å². The molecule has 0 aliphatic carbocycles. The highest BCUT2D eigenvalue weighted by molar-refractivity contribution is 8.00. The molecule has 0 bridgehead atoms. The van der Waals surface area contributed by atoms with Crippen molar-refractivity contribution in [2.24, 2.45) is 5.92 Å². The van der Waals surface area contributed by atoms with Gasteiger partial charge < -0.3 is 15.7 Å². The normalized spacial score (nSPS) is 11.8. The summed E-state index contributed by atoms with van der Waals surface area (Å²) in [5.41, 5.74) is 0.699. The number of amides is 2. The molecule has 0 spiro atoms. The van der Waals surface area contributed by atoms with Gasteiger partial charge in [0.2, 0.25) is 11.8 Å². The van der Waals surface area contributed by atoms with Gasteiger partial charge in [0.05, 0.1) is 11.5 Å². The maximum absolute atomic E-state index is 11.8. The maximum atomic E-state index is 11.8. The van der Waals surface area contributed by atoms with Gasteiger partial charge in [0.1, 0.15) is 6.04 Å². The van der Waals surface area contributed by atoms with Crippen molar-refractivity contribution < 1.29 is 19.5 Å². The lowest BCUT2D eigenvalue weighted by atomic mass is 10.0. The minimum Gasteiger partial charge on any atom is -0.480 e. The molecule has 126 valence electrons. The Hall–Kier alpha value is -2.02. The van der Waals surface area contributed by atoms with Crippen LogP contribution in [0.1, 0.15) is 20.3 Å². The summed E-state index contributed by atoms with van der Waals surface area (Å²) in [4.78, 5) is 34.5. The Labute approximate surface area is 140 Å². The van der Waals surface area contributed by atoms with Crippen LogP contribution in [0.4, 0.5) is 5.69 Å². The van der Waals surface area contributed by atoms with E-state index in [9.17, 15) is 14.4 Å². The largest absolute Gasteiger partial charge is 0.480 e. The highest BCUT2D eigenvalue weighted by atomic mass is 32.2. The predicted octanol–water partition coefficient (Wildman–Crippen LogP) is 1.97. The third kappa shape index (κ3) is 8.25. The zero-order chi connectivity index (χ0) is 17.2. The molecule has 1 aromatic rings. The van der Waals surface area contributed by atoms with Gasteiger partial charge in [-0.05, 0) is 24.5 Å². The quantitative estimate of drug-likeness (QED) is 0.640. The van der Waals surface area contributed by atoms with Crippen molar-refractivity contribution >= 4 is 35.2 Å². The van der Waals surface area contributed by atoms with Crippen molar-refractivity contribution in [3.8, 4) is 0 Å². The first kappa shape index (κ1) is 19.0. The Balaban J connectivity index is 2.30. The number of carboxylic acid groups (broad SMARTS) is 1. The molecule has 1 unspecified atom stereocenters. The molecule has 0 radical (unpaired) electrons. The summed E-state index contributed by atoms with van der Waals surface area (Å²) in [6, 6.07) is 8.15. The van der Waals surface area contributed by atoms with Crippen LogP contribution in [0.3, 0.4) is 0 Å². The molecule has 3 N–H and O–H groups in total. The molecule has 0 aliphatic rings. The van der Waals surface area contributed by atoms with E-state index in [1.165, 1.54) is 0 Å². The number of rotatable bonds is 9. The molecular formula is C16H22N2O4S. The van der Waals surface area contributed by atoms with Crippen molar-refractivity contribution in [3.63, 3.8) is 0 Å². The van der Waals surface area contributed by atoms with E-state index in [0.717, 1.165) is 11.8 Å². The van der Waals surface area contributed by atoms with Crippen LogP contribution in [0.15, 0.2) is 30.3 Å². The standard InChI is InChI=1S/C16H22N2O4S/c1-11(2)8-13(16(21)22)18-15(20)10-23-9-14(19)17-12-6-4-3-5-7-12/h3-7,11,13H,8-10H2,1-2H3,(H,17,19)(H,18,20)(H,21,22). The summed E-state index contributed by atoms with van der Waals surface area (Å²) < 4.78 is 0. The van der Waals surface area contributed by atoms with E-state index >= 15 is 0 Å². The highest BCUT2D eigenvalue weighted by Gasteiger charge is 2.20. The Morgan fingerprint density at radius 1 is 1.09 bits per heavy atom. The molecule has 0 fully saturated rings. The summed E-state index contributed by atoms with van der Waals surface area (Å²) in [6.07, 6.45) is 0.375. The second-order valence-corrected chi connectivity index (χ2v) is 6.48. The lowest BCUT2D eigenvalue weighted by molar-refractivity contribution is -0.141. The molecule has 0 saturated heterocycles. The monoisotopic (exact) mass is 338 g/mol. The van der Waals surface area contributed by atoms with E-state index < -0.39 is 12.0 Å². The van der Waals surface area contributed by atoms with E-state index in [-0.39, 0.29) is 29.2 Å². The van der Waals surface area contributed by atoms with Gasteiger partial charge in [0.25, 0.3) is 0 Å². The van der Waals surface area contributed by atoms with Crippen LogP contribution in [-0.2, 0) is 14.4 Å². The fourth-order valence-electron chi connectivity index (χ4n) is 1.88. The predicted molar refractivity (Wildman–Crippen MR) is 91.4 cm³/mol. The van der Waals surface area contributed by atoms with Gasteiger partial charge in [-0.1, -0.05) is 32.0 Å². The zero-order valence-corrected chi connectivity index (χ0v) is 14.1. The van der Waals surface area contributed by atoms with Crippen LogP contribution >= 0.6 is 11.8 Å². The summed E-state index contributed by atoms with van der Waals surface area (Å²) in [5.74, 6) is -1.28. The van der Waals surface area contributed by atoms with Crippen molar-refractivity contribution in [1.82, 2.24) is 5.32 Å². The Morgan fingerprint density at radius 3 is 2.26 bits per heavy atom. The number of carbonyl (C=O) groups excluding carboxylic acids is 2. The van der Waals surface area contributed by atoms with Gasteiger partial charge >= 0.3 is 5.97 Å². The number of nitrogens with one attached hydrogen (secondary N) is 2. The second kappa shape index (κ2) is 9.89. The first-order valence-electron chi connectivity index (χ1n) is 7.33. The number of thioether (sulfide) groups is 1.